The fraction of sp³-hybridized carbons (Fsp3) is 0.588. The molecular weight excluding hydrogens is 282 g/mol. The predicted octanol–water partition coefficient (Wildman–Crippen LogP) is 1.94. The van der Waals surface area contributed by atoms with Crippen molar-refractivity contribution in [2.24, 2.45) is 5.92 Å². The van der Waals surface area contributed by atoms with Crippen molar-refractivity contribution in [2.45, 2.75) is 26.4 Å². The normalized spacial score (nSPS) is 19.9. The second-order valence-corrected chi connectivity index (χ2v) is 5.87. The van der Waals surface area contributed by atoms with Gasteiger partial charge in [0.15, 0.2) is 0 Å². The fourth-order valence-corrected chi connectivity index (χ4v) is 2.66. The summed E-state index contributed by atoms with van der Waals surface area (Å²) in [5, 5.41) is 10.1. The number of carbonyl (C=O) groups is 1. The summed E-state index contributed by atoms with van der Waals surface area (Å²) in [7, 11) is 0. The number of β-amino-alcohol motifs (C(OH)–C–C–N with tert-alkyl or cyclic N) is 1. The zero-order chi connectivity index (χ0) is 15.9. The van der Waals surface area contributed by atoms with Crippen LogP contribution < -0.4 is 4.74 Å². The molecule has 0 spiro atoms. The second-order valence-electron chi connectivity index (χ2n) is 5.87. The summed E-state index contributed by atoms with van der Waals surface area (Å²) < 4.78 is 10.5. The van der Waals surface area contributed by atoms with Crippen LogP contribution in [-0.2, 0) is 4.74 Å². The van der Waals surface area contributed by atoms with Gasteiger partial charge in [-0.1, -0.05) is 13.0 Å². The van der Waals surface area contributed by atoms with E-state index < -0.39 is 6.10 Å². The van der Waals surface area contributed by atoms with Crippen molar-refractivity contribution in [1.29, 1.82) is 0 Å². The first-order valence-electron chi connectivity index (χ1n) is 7.89. The molecule has 5 nitrogen and oxygen atoms in total. The maximum absolute atomic E-state index is 11.7. The van der Waals surface area contributed by atoms with E-state index in [1.54, 1.807) is 31.2 Å². The van der Waals surface area contributed by atoms with E-state index in [9.17, 15) is 9.90 Å². The summed E-state index contributed by atoms with van der Waals surface area (Å²) in [6, 6.07) is 6.85. The third-order valence-corrected chi connectivity index (χ3v) is 3.76. The summed E-state index contributed by atoms with van der Waals surface area (Å²) in [4.78, 5) is 13.9. The summed E-state index contributed by atoms with van der Waals surface area (Å²) in [6.07, 6.45) is 0.659. The number of carbonyl (C=O) groups excluding carboxylic acids is 1. The minimum atomic E-state index is -0.531. The van der Waals surface area contributed by atoms with Gasteiger partial charge in [0.1, 0.15) is 18.5 Å². The fourth-order valence-electron chi connectivity index (χ4n) is 2.66. The smallest absolute Gasteiger partial charge is 0.338 e. The lowest BCUT2D eigenvalue weighted by Crippen LogP contribution is -2.34. The van der Waals surface area contributed by atoms with Crippen LogP contribution in [0.4, 0.5) is 0 Å². The number of hydrogen-bond donors (Lipinski definition) is 1. The van der Waals surface area contributed by atoms with Gasteiger partial charge < -0.3 is 19.5 Å². The van der Waals surface area contributed by atoms with E-state index >= 15 is 0 Å². The summed E-state index contributed by atoms with van der Waals surface area (Å²) in [5.74, 6) is 0.910. The van der Waals surface area contributed by atoms with Crippen LogP contribution in [0, 0.1) is 5.92 Å². The number of nitrogens with zero attached hydrogens (tertiary/aromatic N) is 1. The van der Waals surface area contributed by atoms with Crippen LogP contribution in [-0.4, -0.2) is 54.9 Å². The van der Waals surface area contributed by atoms with E-state index in [2.05, 4.69) is 11.8 Å². The van der Waals surface area contributed by atoms with Crippen molar-refractivity contribution in [1.82, 2.24) is 4.90 Å². The number of benzene rings is 1. The van der Waals surface area contributed by atoms with E-state index in [1.807, 2.05) is 0 Å². The van der Waals surface area contributed by atoms with Gasteiger partial charge in [-0.15, -0.1) is 0 Å². The molecule has 1 aromatic carbocycles. The Labute approximate surface area is 131 Å². The Morgan fingerprint density at radius 2 is 2.32 bits per heavy atom. The summed E-state index contributed by atoms with van der Waals surface area (Å²) in [5.41, 5.74) is 0.460. The number of aliphatic hydroxyl groups excluding tert-OH is 1. The largest absolute Gasteiger partial charge is 0.491 e. The van der Waals surface area contributed by atoms with Gasteiger partial charge in [-0.2, -0.15) is 0 Å². The van der Waals surface area contributed by atoms with Gasteiger partial charge in [-0.3, -0.25) is 0 Å². The predicted molar refractivity (Wildman–Crippen MR) is 84.1 cm³/mol. The van der Waals surface area contributed by atoms with Crippen molar-refractivity contribution < 1.29 is 19.4 Å². The number of rotatable bonds is 7. The summed E-state index contributed by atoms with van der Waals surface area (Å²) >= 11 is 0. The van der Waals surface area contributed by atoms with Crippen molar-refractivity contribution in [2.75, 3.05) is 32.8 Å². The molecule has 1 aliphatic rings. The zero-order valence-electron chi connectivity index (χ0n) is 13.3. The van der Waals surface area contributed by atoms with Crippen molar-refractivity contribution in [3.63, 3.8) is 0 Å². The molecular formula is C17H25NO4. The van der Waals surface area contributed by atoms with Gasteiger partial charge >= 0.3 is 5.97 Å². The van der Waals surface area contributed by atoms with Gasteiger partial charge in [-0.25, -0.2) is 4.79 Å². The molecule has 0 bridgehead atoms. The average Bonchev–Trinajstić information content (AvgIpc) is 2.91. The highest BCUT2D eigenvalue weighted by molar-refractivity contribution is 5.89. The Hall–Kier alpha value is -1.59. The molecule has 122 valence electrons. The summed E-state index contributed by atoms with van der Waals surface area (Å²) in [6.45, 7) is 7.26. The molecule has 2 rings (SSSR count). The van der Waals surface area contributed by atoms with Crippen molar-refractivity contribution in [3.05, 3.63) is 29.8 Å². The van der Waals surface area contributed by atoms with Crippen LogP contribution in [0.5, 0.6) is 5.75 Å². The number of hydrogen-bond acceptors (Lipinski definition) is 5. The lowest BCUT2D eigenvalue weighted by Gasteiger charge is -2.20. The minimum Gasteiger partial charge on any atom is -0.491 e. The highest BCUT2D eigenvalue weighted by atomic mass is 16.5. The standard InChI is InChI=1S/C17H25NO4/c1-3-21-17(20)14-5-4-6-16(9-14)22-12-15(19)11-18-8-7-13(2)10-18/h4-6,9,13,15,19H,3,7-8,10-12H2,1-2H3. The first kappa shape index (κ1) is 16.8. The molecule has 1 aliphatic heterocycles. The number of aliphatic hydroxyl groups is 1. The third-order valence-electron chi connectivity index (χ3n) is 3.76. The minimum absolute atomic E-state index is 0.219. The second kappa shape index (κ2) is 8.15. The van der Waals surface area contributed by atoms with E-state index in [0.29, 0.717) is 30.4 Å². The van der Waals surface area contributed by atoms with Crippen LogP contribution in [0.3, 0.4) is 0 Å². The average molecular weight is 307 g/mol. The van der Waals surface area contributed by atoms with E-state index in [4.69, 9.17) is 9.47 Å². The molecule has 1 heterocycles. The Kier molecular flexibility index (Phi) is 6.21. The highest BCUT2D eigenvalue weighted by Crippen LogP contribution is 2.17. The van der Waals surface area contributed by atoms with Gasteiger partial charge in [0, 0.05) is 13.1 Å². The number of esters is 1. The first-order valence-corrected chi connectivity index (χ1v) is 7.89. The monoisotopic (exact) mass is 307 g/mol. The van der Waals surface area contributed by atoms with Gasteiger partial charge in [0.05, 0.1) is 12.2 Å². The van der Waals surface area contributed by atoms with Crippen molar-refractivity contribution in [3.8, 4) is 5.75 Å². The van der Waals surface area contributed by atoms with Gasteiger partial charge in [-0.05, 0) is 44.0 Å². The number of ether oxygens (including phenoxy) is 2. The van der Waals surface area contributed by atoms with Gasteiger partial charge in [0.25, 0.3) is 0 Å². The molecule has 1 saturated heterocycles. The first-order chi connectivity index (χ1) is 10.6. The van der Waals surface area contributed by atoms with Crippen LogP contribution in [0.15, 0.2) is 24.3 Å². The molecule has 0 saturated carbocycles. The van der Waals surface area contributed by atoms with Crippen LogP contribution in [0.2, 0.25) is 0 Å². The Bertz CT molecular complexity index is 491. The van der Waals surface area contributed by atoms with Gasteiger partial charge in [0.2, 0.25) is 0 Å². The highest BCUT2D eigenvalue weighted by Gasteiger charge is 2.21. The molecule has 1 N–H and O–H groups in total. The van der Waals surface area contributed by atoms with Crippen LogP contribution in [0.1, 0.15) is 30.6 Å². The molecule has 1 aromatic rings. The molecule has 5 heteroatoms. The van der Waals surface area contributed by atoms with E-state index in [-0.39, 0.29) is 12.6 Å². The molecule has 1 fully saturated rings. The topological polar surface area (TPSA) is 59.0 Å². The Morgan fingerprint density at radius 1 is 1.50 bits per heavy atom. The molecule has 22 heavy (non-hydrogen) atoms. The van der Waals surface area contributed by atoms with E-state index in [1.165, 1.54) is 6.42 Å². The quantitative estimate of drug-likeness (QED) is 0.780. The van der Waals surface area contributed by atoms with Crippen LogP contribution in [0.25, 0.3) is 0 Å². The Balaban J connectivity index is 1.80. The van der Waals surface area contributed by atoms with Crippen molar-refractivity contribution >= 4 is 5.97 Å². The SMILES string of the molecule is CCOC(=O)c1cccc(OCC(O)CN2CCC(C)C2)c1. The molecule has 0 aromatic heterocycles. The molecule has 0 aliphatic carbocycles. The maximum atomic E-state index is 11.7. The third kappa shape index (κ3) is 5.00. The molecule has 2 unspecified atom stereocenters. The molecule has 0 radical (unpaired) electrons. The molecule has 0 amide bonds. The maximum Gasteiger partial charge on any atom is 0.338 e. The molecule has 2 atom stereocenters. The Morgan fingerprint density at radius 3 is 3.00 bits per heavy atom. The lowest BCUT2D eigenvalue weighted by atomic mass is 10.2. The zero-order valence-corrected chi connectivity index (χ0v) is 13.3. The number of likely N-dealkylation sites (tertiary alicyclic amines) is 1. The lowest BCUT2D eigenvalue weighted by molar-refractivity contribution is 0.0525. The van der Waals surface area contributed by atoms with Crippen LogP contribution >= 0.6 is 0 Å². The van der Waals surface area contributed by atoms with E-state index in [0.717, 1.165) is 13.1 Å².